The van der Waals surface area contributed by atoms with E-state index in [9.17, 15) is 37.3 Å². The van der Waals surface area contributed by atoms with Crippen LogP contribution in [-0.4, -0.2) is 166 Å². The van der Waals surface area contributed by atoms with Gasteiger partial charge < -0.3 is 44.1 Å². The summed E-state index contributed by atoms with van der Waals surface area (Å²) in [5.74, 6) is -1.45. The maximum absolute atomic E-state index is 14.7. The smallest absolute Gasteiger partial charge is 0.309 e. The molecule has 19 heteroatoms. The number of carbonyl (C=O) groups excluding carboxylic acids is 1. The van der Waals surface area contributed by atoms with Crippen LogP contribution in [0.2, 0.25) is 0 Å². The lowest BCUT2D eigenvalue weighted by molar-refractivity contribution is -0.251. The van der Waals surface area contributed by atoms with Crippen LogP contribution in [0.15, 0.2) is 35.4 Å². The molecule has 2 aliphatic rings. The fourth-order valence-corrected chi connectivity index (χ4v) is 12.3. The molecule has 64 heavy (non-hydrogen) atoms. The van der Waals surface area contributed by atoms with Gasteiger partial charge in [0, 0.05) is 55.2 Å². The van der Waals surface area contributed by atoms with Gasteiger partial charge in [0.1, 0.15) is 42.7 Å². The van der Waals surface area contributed by atoms with Crippen molar-refractivity contribution in [3.63, 3.8) is 0 Å². The summed E-state index contributed by atoms with van der Waals surface area (Å²) in [7, 11) is 1.68. The van der Waals surface area contributed by atoms with Crippen molar-refractivity contribution < 1.29 is 56.3 Å². The number of aromatic nitrogens is 3. The molecule has 2 fully saturated rings. The number of ether oxygens (including phenoxy) is 4. The number of nitrogens with zero attached hydrogens (tertiary/aromatic N) is 5. The molecule has 3 N–H and O–H groups in total. The summed E-state index contributed by atoms with van der Waals surface area (Å²) in [5.41, 5.74) is -1.84. The number of alkyl halides is 3. The van der Waals surface area contributed by atoms with Crippen molar-refractivity contribution in [2.45, 2.75) is 168 Å². The van der Waals surface area contributed by atoms with Gasteiger partial charge in [0.25, 0.3) is 0 Å². The molecule has 2 aliphatic heterocycles. The van der Waals surface area contributed by atoms with Gasteiger partial charge in [0.05, 0.1) is 40.6 Å². The second-order valence-corrected chi connectivity index (χ2v) is 22.5. The van der Waals surface area contributed by atoms with Gasteiger partial charge >= 0.3 is 5.97 Å². The van der Waals surface area contributed by atoms with Crippen molar-refractivity contribution in [1.82, 2.24) is 24.8 Å². The second kappa shape index (κ2) is 23.9. The Kier molecular flexibility index (Phi) is 20.4. The van der Waals surface area contributed by atoms with Crippen LogP contribution in [0.25, 0.3) is 0 Å². The molecule has 0 bridgehead atoms. The molecule has 1 aromatic carbocycles. The van der Waals surface area contributed by atoms with Gasteiger partial charge in [-0.05, 0) is 97.5 Å². The van der Waals surface area contributed by atoms with E-state index in [0.29, 0.717) is 56.5 Å². The Hall–Kier alpha value is -1.95. The van der Waals surface area contributed by atoms with E-state index in [1.165, 1.54) is 30.8 Å². The minimum Gasteiger partial charge on any atom is -0.459 e. The largest absolute Gasteiger partial charge is 0.459 e. The fraction of sp³-hybridized carbons (Fsp3) is 0.800. The van der Waals surface area contributed by atoms with E-state index < -0.39 is 89.1 Å². The number of cyclic esters (lactones) is 1. The maximum Gasteiger partial charge on any atom is 0.309 e. The zero-order valence-corrected chi connectivity index (χ0v) is 42.3. The van der Waals surface area contributed by atoms with Crippen molar-refractivity contribution in [2.75, 3.05) is 53.4 Å². The molecule has 2 aromatic rings. The number of hydrogen-bond donors (Lipinski definition) is 3. The summed E-state index contributed by atoms with van der Waals surface area (Å²) in [6.45, 7) is 12.3. The molecule has 0 spiro atoms. The monoisotopic (exact) mass is 1040 g/mol. The molecule has 3 heterocycles. The summed E-state index contributed by atoms with van der Waals surface area (Å²) < 4.78 is 78.3. The number of methoxy groups -OCH3 is 1. The average Bonchev–Trinajstić information content (AvgIpc) is 3.71. The van der Waals surface area contributed by atoms with E-state index >= 15 is 0 Å². The van der Waals surface area contributed by atoms with E-state index in [2.05, 4.69) is 37.8 Å². The Morgan fingerprint density at radius 1 is 1.09 bits per heavy atom. The summed E-state index contributed by atoms with van der Waals surface area (Å²) in [6.07, 6.45) is -0.154. The van der Waals surface area contributed by atoms with Crippen LogP contribution >= 0.6 is 22.6 Å². The van der Waals surface area contributed by atoms with E-state index in [4.69, 9.17) is 18.9 Å². The van der Waals surface area contributed by atoms with Crippen molar-refractivity contribution >= 4 is 38.4 Å². The molecule has 0 aliphatic carbocycles. The highest BCUT2D eigenvalue weighted by Crippen LogP contribution is 2.37. The van der Waals surface area contributed by atoms with E-state index in [-0.39, 0.29) is 39.1 Å². The van der Waals surface area contributed by atoms with E-state index in [0.717, 1.165) is 6.42 Å². The summed E-state index contributed by atoms with van der Waals surface area (Å²) in [4.78, 5) is 17.8. The highest BCUT2D eigenvalue weighted by Gasteiger charge is 2.47. The molecule has 0 amide bonds. The fourth-order valence-electron chi connectivity index (χ4n) is 9.29. The predicted octanol–water partition coefficient (Wildman–Crippen LogP) is 5.44. The molecule has 2 saturated heterocycles. The van der Waals surface area contributed by atoms with Crippen LogP contribution in [-0.2, 0) is 40.0 Å². The highest BCUT2D eigenvalue weighted by atomic mass is 127. The first-order valence-corrected chi connectivity index (χ1v) is 25.5. The lowest BCUT2D eigenvalue weighted by atomic mass is 9.84. The lowest BCUT2D eigenvalue weighted by Gasteiger charge is -2.44. The van der Waals surface area contributed by atoms with E-state index in [1.54, 1.807) is 32.2 Å². The summed E-state index contributed by atoms with van der Waals surface area (Å²) in [5, 5.41) is 43.7. The Labute approximate surface area is 393 Å². The Balaban J connectivity index is 1.46. The van der Waals surface area contributed by atoms with Crippen LogP contribution in [0.3, 0.4) is 0 Å². The van der Waals surface area contributed by atoms with Gasteiger partial charge in [-0.2, -0.15) is 0 Å². The zero-order chi connectivity index (χ0) is 47.7. The lowest BCUT2D eigenvalue weighted by Crippen LogP contribution is -2.59. The number of carbonyl (C=O) groups is 1. The number of aliphatic hydroxyl groups is 3. The number of sulfone groups is 1. The van der Waals surface area contributed by atoms with Gasteiger partial charge in [-0.1, -0.05) is 60.7 Å². The van der Waals surface area contributed by atoms with Gasteiger partial charge in [-0.3, -0.25) is 9.18 Å². The summed E-state index contributed by atoms with van der Waals surface area (Å²) >= 11 is 2.26. The topological polar surface area (TPSA) is 186 Å². The van der Waals surface area contributed by atoms with Crippen LogP contribution in [0.4, 0.5) is 8.78 Å². The number of likely N-dealkylation sites (N-methyl/N-ethyl adjacent to an activating group) is 2. The molecule has 366 valence electrons. The third kappa shape index (κ3) is 14.1. The second-order valence-electron chi connectivity index (χ2n) is 18.8. The molecular formula is C45H74F2IN5O10S. The average molecular weight is 1040 g/mol. The number of halogens is 3. The maximum atomic E-state index is 14.7. The molecule has 15 nitrogen and oxygen atoms in total. The van der Waals surface area contributed by atoms with E-state index in [1.807, 2.05) is 46.7 Å². The molecule has 0 radical (unpaired) electrons. The first-order valence-electron chi connectivity index (χ1n) is 22.6. The number of aliphatic hydroxyl groups excluding tert-OH is 1. The molecule has 4 rings (SSSR count). The quantitative estimate of drug-likeness (QED) is 0.110. The molecule has 0 saturated carbocycles. The summed E-state index contributed by atoms with van der Waals surface area (Å²) in [6, 6.07) is 4.67. The molecule has 0 unspecified atom stereocenters. The van der Waals surface area contributed by atoms with Crippen molar-refractivity contribution in [1.29, 1.82) is 0 Å². The minimum absolute atomic E-state index is 0.0389. The zero-order valence-electron chi connectivity index (χ0n) is 39.3. The molecule has 14 atom stereocenters. The normalized spacial score (nSPS) is 34.2. The number of esters is 1. The third-order valence-corrected chi connectivity index (χ3v) is 16.2. The number of rotatable bonds is 16. The van der Waals surface area contributed by atoms with Crippen LogP contribution in [0, 0.1) is 11.8 Å². The standard InChI is InChI=1S/C45H74F2IN5O10S/c1-11-38-45(7,57)41(54)31(5)52(9)26-28(2)24-44(6,56)42(36(48)21-29(3)43(55)62-38)63-39-23-34(22-30(4)61-39)51(8)19-17-33-27-53(50-49-33)37(25-47)40(60-10)32-13-15-35(16-14-32)64(58,59)20-12-18-46/h13-16,27-31,34,36-42,54,56-57H,11-12,17-26H2,1-10H3/t28-,29-,30-,31-,34+,36+,37-,38-,39+,40-,41-,42-,44-,45-/m1/s1. The SMILES string of the molecule is CC[C@H]1OC(=O)[C@H](C)C[C@H](I)[C@@H](O[C@H]2C[C@@H](N(C)CCc3cn([C@H](CF)[C@H](OC)c4ccc(S(=O)(=O)CCCF)cc4)nn3)C[C@@H](C)O2)[C@](C)(O)C[C@@H](C)CN(C)[C@H](C)[C@@H](O)[C@]1(C)O. The highest BCUT2D eigenvalue weighted by molar-refractivity contribution is 14.1. The number of hydrogen-bond acceptors (Lipinski definition) is 14. The van der Waals surface area contributed by atoms with Crippen molar-refractivity contribution in [3.8, 4) is 0 Å². The van der Waals surface area contributed by atoms with Gasteiger partial charge in [0.2, 0.25) is 0 Å². The third-order valence-electron chi connectivity index (χ3n) is 13.2. The van der Waals surface area contributed by atoms with Crippen LogP contribution < -0.4 is 0 Å². The Bertz CT molecular complexity index is 1860. The van der Waals surface area contributed by atoms with Crippen molar-refractivity contribution in [2.24, 2.45) is 11.8 Å². The van der Waals surface area contributed by atoms with Gasteiger partial charge in [-0.15, -0.1) is 5.10 Å². The molecule has 1 aromatic heterocycles. The van der Waals surface area contributed by atoms with Gasteiger partial charge in [-0.25, -0.2) is 17.5 Å². The molecular weight excluding hydrogens is 967 g/mol. The first kappa shape index (κ1) is 54.7. The van der Waals surface area contributed by atoms with Crippen molar-refractivity contribution in [3.05, 3.63) is 41.7 Å². The first-order chi connectivity index (χ1) is 30.0. The van der Waals surface area contributed by atoms with Crippen LogP contribution in [0.5, 0.6) is 0 Å². The van der Waals surface area contributed by atoms with Gasteiger partial charge in [0.15, 0.2) is 16.1 Å². The van der Waals surface area contributed by atoms with Crippen LogP contribution in [0.1, 0.15) is 110 Å². The predicted molar refractivity (Wildman–Crippen MR) is 247 cm³/mol. The minimum atomic E-state index is -3.65. The Morgan fingerprint density at radius 2 is 1.77 bits per heavy atom. The Morgan fingerprint density at radius 3 is 2.38 bits per heavy atom. The number of benzene rings is 1.